The highest BCUT2D eigenvalue weighted by molar-refractivity contribution is 7.14. The third-order valence-corrected chi connectivity index (χ3v) is 3.30. The molecule has 1 rings (SSSR count). The van der Waals surface area contributed by atoms with Crippen LogP contribution >= 0.6 is 11.3 Å². The van der Waals surface area contributed by atoms with E-state index in [9.17, 15) is 4.79 Å². The number of carboxylic acids is 1. The van der Waals surface area contributed by atoms with Crippen LogP contribution in [0.4, 0.5) is 0 Å². The molecule has 0 aliphatic carbocycles. The summed E-state index contributed by atoms with van der Waals surface area (Å²) in [6.07, 6.45) is 0.808. The summed E-state index contributed by atoms with van der Waals surface area (Å²) in [5.74, 6) is 5.43. The maximum atomic E-state index is 11.0. The highest BCUT2D eigenvalue weighted by atomic mass is 32.1. The monoisotopic (exact) mass is 266 g/mol. The molecule has 1 N–H and O–H groups in total. The van der Waals surface area contributed by atoms with Crippen LogP contribution in [-0.2, 0) is 6.42 Å². The second-order valence-electron chi connectivity index (χ2n) is 4.91. The van der Waals surface area contributed by atoms with E-state index in [0.717, 1.165) is 11.3 Å². The molecule has 0 aliphatic heterocycles. The van der Waals surface area contributed by atoms with E-state index in [1.807, 2.05) is 27.7 Å². The molecular weight excluding hydrogens is 248 g/mol. The molecule has 4 heteroatoms. The predicted octanol–water partition coefficient (Wildman–Crippen LogP) is 3.44. The Hall–Kier alpha value is -1.47. The maximum Gasteiger partial charge on any atom is 0.349 e. The van der Waals surface area contributed by atoms with Gasteiger partial charge in [0.05, 0.1) is 0 Å². The van der Waals surface area contributed by atoms with Gasteiger partial charge in [-0.25, -0.2) is 4.79 Å². The second kappa shape index (κ2) is 5.92. The molecule has 1 aromatic rings. The predicted molar refractivity (Wildman–Crippen MR) is 73.4 cm³/mol. The molecule has 98 valence electrons. The fraction of sp³-hybridized carbons (Fsp3) is 0.500. The van der Waals surface area contributed by atoms with Crippen LogP contribution in [0.15, 0.2) is 6.07 Å². The Bertz CT molecular complexity index is 483. The van der Waals surface area contributed by atoms with Crippen LogP contribution in [0.25, 0.3) is 0 Å². The Morgan fingerprint density at radius 3 is 2.67 bits per heavy atom. The van der Waals surface area contributed by atoms with E-state index < -0.39 is 5.97 Å². The maximum absolute atomic E-state index is 11.0. The van der Waals surface area contributed by atoms with E-state index in [4.69, 9.17) is 9.84 Å². The summed E-state index contributed by atoms with van der Waals surface area (Å²) in [6.45, 7) is 8.26. The van der Waals surface area contributed by atoms with Gasteiger partial charge in [0.2, 0.25) is 0 Å². The van der Waals surface area contributed by atoms with Gasteiger partial charge >= 0.3 is 5.97 Å². The standard InChI is InChI=1S/C14H18O3S/c1-5-10-9-11(12(18-10)13(15)16)17-8-6-7-14(2,3)4/h9H,5,8H2,1-4H3,(H,15,16). The van der Waals surface area contributed by atoms with E-state index in [0.29, 0.717) is 5.75 Å². The number of carboxylic acid groups (broad SMARTS) is 1. The van der Waals surface area contributed by atoms with Crippen molar-refractivity contribution in [2.75, 3.05) is 6.61 Å². The largest absolute Gasteiger partial charge is 0.479 e. The van der Waals surface area contributed by atoms with Crippen molar-refractivity contribution in [3.63, 3.8) is 0 Å². The summed E-state index contributed by atoms with van der Waals surface area (Å²) in [7, 11) is 0. The number of aromatic carboxylic acids is 1. The van der Waals surface area contributed by atoms with E-state index in [-0.39, 0.29) is 16.9 Å². The topological polar surface area (TPSA) is 46.5 Å². The van der Waals surface area contributed by atoms with Gasteiger partial charge in [-0.2, -0.15) is 0 Å². The summed E-state index contributed by atoms with van der Waals surface area (Å²) in [5.41, 5.74) is -0.0672. The summed E-state index contributed by atoms with van der Waals surface area (Å²) in [6, 6.07) is 1.78. The van der Waals surface area contributed by atoms with Gasteiger partial charge in [-0.3, -0.25) is 0 Å². The fourth-order valence-corrected chi connectivity index (χ4v) is 2.15. The lowest BCUT2D eigenvalue weighted by atomic mass is 9.98. The molecule has 0 unspecified atom stereocenters. The lowest BCUT2D eigenvalue weighted by Gasteiger charge is -2.07. The van der Waals surface area contributed by atoms with Crippen LogP contribution in [-0.4, -0.2) is 17.7 Å². The van der Waals surface area contributed by atoms with E-state index >= 15 is 0 Å². The Kier molecular flexibility index (Phi) is 4.80. The summed E-state index contributed by atoms with van der Waals surface area (Å²) >= 11 is 1.26. The van der Waals surface area contributed by atoms with Gasteiger partial charge in [-0.15, -0.1) is 11.3 Å². The number of hydrogen-bond donors (Lipinski definition) is 1. The first-order chi connectivity index (χ1) is 8.33. The summed E-state index contributed by atoms with van der Waals surface area (Å²) in [5, 5.41) is 9.05. The van der Waals surface area contributed by atoms with Crippen LogP contribution < -0.4 is 4.74 Å². The molecule has 1 heterocycles. The molecule has 0 saturated heterocycles. The SMILES string of the molecule is CCc1cc(OCC#CC(C)(C)C)c(C(=O)O)s1. The van der Waals surface area contributed by atoms with Crippen molar-refractivity contribution in [2.45, 2.75) is 34.1 Å². The third kappa shape index (κ3) is 4.42. The van der Waals surface area contributed by atoms with Crippen LogP contribution in [0.2, 0.25) is 0 Å². The molecule has 0 aromatic carbocycles. The zero-order valence-corrected chi connectivity index (χ0v) is 12.0. The first kappa shape index (κ1) is 14.6. The number of rotatable bonds is 4. The molecule has 0 radical (unpaired) electrons. The minimum Gasteiger partial charge on any atom is -0.479 e. The molecule has 0 aliphatic rings. The van der Waals surface area contributed by atoms with Crippen molar-refractivity contribution in [1.82, 2.24) is 0 Å². The van der Waals surface area contributed by atoms with Gasteiger partial charge in [-0.1, -0.05) is 18.8 Å². The van der Waals surface area contributed by atoms with Gasteiger partial charge < -0.3 is 9.84 Å². The molecule has 3 nitrogen and oxygen atoms in total. The minimum absolute atomic E-state index is 0.0672. The average molecular weight is 266 g/mol. The molecule has 0 saturated carbocycles. The molecule has 0 amide bonds. The van der Waals surface area contributed by atoms with E-state index in [1.165, 1.54) is 11.3 Å². The first-order valence-corrected chi connectivity index (χ1v) is 6.64. The highest BCUT2D eigenvalue weighted by Crippen LogP contribution is 2.29. The van der Waals surface area contributed by atoms with E-state index in [2.05, 4.69) is 11.8 Å². The summed E-state index contributed by atoms with van der Waals surface area (Å²) in [4.78, 5) is 12.3. The highest BCUT2D eigenvalue weighted by Gasteiger charge is 2.15. The molecule has 18 heavy (non-hydrogen) atoms. The first-order valence-electron chi connectivity index (χ1n) is 5.82. The zero-order chi connectivity index (χ0) is 13.8. The molecule has 1 aromatic heterocycles. The van der Waals surface area contributed by atoms with Crippen molar-refractivity contribution in [3.8, 4) is 17.6 Å². The zero-order valence-electron chi connectivity index (χ0n) is 11.2. The number of ether oxygens (including phenoxy) is 1. The van der Waals surface area contributed by atoms with Gasteiger partial charge in [0.25, 0.3) is 0 Å². The Labute approximate surface area is 112 Å². The molecule has 0 bridgehead atoms. The lowest BCUT2D eigenvalue weighted by Crippen LogP contribution is -2.03. The van der Waals surface area contributed by atoms with Crippen molar-refractivity contribution in [3.05, 3.63) is 15.8 Å². The van der Waals surface area contributed by atoms with Crippen LogP contribution in [0.1, 0.15) is 42.2 Å². The van der Waals surface area contributed by atoms with Crippen molar-refractivity contribution < 1.29 is 14.6 Å². The Balaban J connectivity index is 2.74. The number of thiophene rings is 1. The Morgan fingerprint density at radius 1 is 1.50 bits per heavy atom. The van der Waals surface area contributed by atoms with Crippen molar-refractivity contribution in [1.29, 1.82) is 0 Å². The lowest BCUT2D eigenvalue weighted by molar-refractivity contribution is 0.0698. The fourth-order valence-electron chi connectivity index (χ4n) is 1.27. The smallest absolute Gasteiger partial charge is 0.349 e. The van der Waals surface area contributed by atoms with Gasteiger partial charge in [0.1, 0.15) is 12.4 Å². The number of hydrogen-bond acceptors (Lipinski definition) is 3. The normalized spacial score (nSPS) is 10.7. The molecular formula is C14H18O3S. The van der Waals surface area contributed by atoms with Crippen LogP contribution in [0.5, 0.6) is 5.75 Å². The molecule has 0 atom stereocenters. The van der Waals surface area contributed by atoms with Crippen LogP contribution in [0, 0.1) is 17.3 Å². The number of carbonyl (C=O) groups is 1. The quantitative estimate of drug-likeness (QED) is 0.849. The third-order valence-electron chi connectivity index (χ3n) is 2.05. The number of aryl methyl sites for hydroxylation is 1. The van der Waals surface area contributed by atoms with Gasteiger partial charge in [0, 0.05) is 10.3 Å². The van der Waals surface area contributed by atoms with Crippen molar-refractivity contribution >= 4 is 17.3 Å². The molecule has 0 spiro atoms. The Morgan fingerprint density at radius 2 is 2.17 bits per heavy atom. The van der Waals surface area contributed by atoms with Crippen LogP contribution in [0.3, 0.4) is 0 Å². The van der Waals surface area contributed by atoms with Crippen molar-refractivity contribution in [2.24, 2.45) is 5.41 Å². The minimum atomic E-state index is -0.946. The summed E-state index contributed by atoms with van der Waals surface area (Å²) < 4.78 is 5.43. The van der Waals surface area contributed by atoms with Gasteiger partial charge in [-0.05, 0) is 33.3 Å². The second-order valence-corrected chi connectivity index (χ2v) is 6.04. The average Bonchev–Trinajstić information content (AvgIpc) is 2.66. The molecule has 0 fully saturated rings. The van der Waals surface area contributed by atoms with Gasteiger partial charge in [0.15, 0.2) is 4.88 Å². The van der Waals surface area contributed by atoms with E-state index in [1.54, 1.807) is 6.07 Å².